The van der Waals surface area contributed by atoms with Crippen molar-refractivity contribution in [2.24, 2.45) is 5.92 Å². The summed E-state index contributed by atoms with van der Waals surface area (Å²) in [6.45, 7) is 6.40. The minimum absolute atomic E-state index is 0.371. The number of nitrogens with one attached hydrogen (secondary N) is 1. The normalized spacial score (nSPS) is 36.1. The smallest absolute Gasteiger partial charge is 0.150 e. The molecular formula is C11H22N2O2S. The van der Waals surface area contributed by atoms with Crippen LogP contribution in [-0.2, 0) is 9.84 Å². The minimum atomic E-state index is -2.71. The summed E-state index contributed by atoms with van der Waals surface area (Å²) in [5.74, 6) is 1.18. The molecule has 5 heteroatoms. The van der Waals surface area contributed by atoms with Crippen LogP contribution >= 0.6 is 0 Å². The number of hydrogen-bond acceptors (Lipinski definition) is 4. The fourth-order valence-electron chi connectivity index (χ4n) is 2.74. The Morgan fingerprint density at radius 2 is 2.25 bits per heavy atom. The van der Waals surface area contributed by atoms with E-state index < -0.39 is 9.84 Å². The molecule has 0 radical (unpaired) electrons. The van der Waals surface area contributed by atoms with Crippen molar-refractivity contribution >= 4 is 9.84 Å². The minimum Gasteiger partial charge on any atom is -0.313 e. The summed E-state index contributed by atoms with van der Waals surface area (Å²) in [6.07, 6.45) is 2.03. The molecule has 4 nitrogen and oxygen atoms in total. The number of nitrogens with zero attached hydrogens (tertiary/aromatic N) is 1. The van der Waals surface area contributed by atoms with Crippen LogP contribution in [0.1, 0.15) is 19.8 Å². The van der Waals surface area contributed by atoms with Gasteiger partial charge in [-0.25, -0.2) is 8.42 Å². The molecule has 2 fully saturated rings. The first-order chi connectivity index (χ1) is 7.55. The average molecular weight is 246 g/mol. The van der Waals surface area contributed by atoms with Crippen LogP contribution in [0.3, 0.4) is 0 Å². The van der Waals surface area contributed by atoms with E-state index in [1.54, 1.807) is 0 Å². The molecule has 2 unspecified atom stereocenters. The van der Waals surface area contributed by atoms with Gasteiger partial charge in [0.2, 0.25) is 0 Å². The van der Waals surface area contributed by atoms with Gasteiger partial charge in [-0.3, -0.25) is 0 Å². The zero-order chi connectivity index (χ0) is 11.6. The Bertz CT molecular complexity index is 329. The predicted octanol–water partition coefficient (Wildman–Crippen LogP) is 0.105. The fraction of sp³-hybridized carbons (Fsp3) is 1.00. The Morgan fingerprint density at radius 3 is 2.94 bits per heavy atom. The first-order valence-electron chi connectivity index (χ1n) is 6.21. The van der Waals surface area contributed by atoms with Gasteiger partial charge in [0.05, 0.1) is 11.5 Å². The van der Waals surface area contributed by atoms with Crippen LogP contribution in [0.4, 0.5) is 0 Å². The van der Waals surface area contributed by atoms with Crippen LogP contribution in [0.25, 0.3) is 0 Å². The van der Waals surface area contributed by atoms with Crippen molar-refractivity contribution in [1.29, 1.82) is 0 Å². The molecule has 0 saturated carbocycles. The third kappa shape index (κ3) is 3.43. The van der Waals surface area contributed by atoms with Crippen molar-refractivity contribution in [3.8, 4) is 0 Å². The van der Waals surface area contributed by atoms with E-state index in [9.17, 15) is 8.42 Å². The Labute approximate surface area is 98.3 Å². The number of sulfone groups is 1. The lowest BCUT2D eigenvalue weighted by Gasteiger charge is -2.24. The van der Waals surface area contributed by atoms with E-state index in [-0.39, 0.29) is 0 Å². The van der Waals surface area contributed by atoms with Crippen LogP contribution in [0.2, 0.25) is 0 Å². The zero-order valence-electron chi connectivity index (χ0n) is 9.98. The van der Waals surface area contributed by atoms with Crippen molar-refractivity contribution < 1.29 is 8.42 Å². The summed E-state index contributed by atoms with van der Waals surface area (Å²) in [5.41, 5.74) is 0. The summed E-state index contributed by atoms with van der Waals surface area (Å²) < 4.78 is 22.8. The second-order valence-corrected chi connectivity index (χ2v) is 7.47. The van der Waals surface area contributed by atoms with Gasteiger partial charge in [0.1, 0.15) is 0 Å². The van der Waals surface area contributed by atoms with Crippen molar-refractivity contribution in [2.45, 2.75) is 25.8 Å². The lowest BCUT2D eigenvalue weighted by molar-refractivity contribution is 0.239. The molecule has 0 aliphatic carbocycles. The van der Waals surface area contributed by atoms with Gasteiger partial charge < -0.3 is 10.2 Å². The summed E-state index contributed by atoms with van der Waals surface area (Å²) in [7, 11) is -2.71. The molecule has 2 aliphatic heterocycles. The van der Waals surface area contributed by atoms with Gasteiger partial charge in [-0.2, -0.15) is 0 Å². The topological polar surface area (TPSA) is 49.4 Å². The van der Waals surface area contributed by atoms with E-state index in [2.05, 4.69) is 17.1 Å². The second-order valence-electron chi connectivity index (χ2n) is 5.24. The highest BCUT2D eigenvalue weighted by Crippen LogP contribution is 2.20. The Hall–Kier alpha value is -0.130. The lowest BCUT2D eigenvalue weighted by atomic mass is 10.1. The molecule has 2 aliphatic rings. The fourth-order valence-corrected chi connectivity index (χ4v) is 4.59. The van der Waals surface area contributed by atoms with Gasteiger partial charge in [-0.1, -0.05) is 0 Å². The standard InChI is InChI=1S/C11H22N2O2S/c1-10-7-13(5-2-4-12-10)8-11-3-6-16(14,15)9-11/h10-12H,2-9H2,1H3. The molecule has 0 bridgehead atoms. The van der Waals surface area contributed by atoms with E-state index >= 15 is 0 Å². The maximum absolute atomic E-state index is 11.4. The van der Waals surface area contributed by atoms with Crippen LogP contribution in [0, 0.1) is 5.92 Å². The Morgan fingerprint density at radius 1 is 1.44 bits per heavy atom. The SMILES string of the molecule is CC1CN(CC2CCS(=O)(=O)C2)CCCN1. The van der Waals surface area contributed by atoms with Gasteiger partial charge in [-0.15, -0.1) is 0 Å². The third-order valence-electron chi connectivity index (χ3n) is 3.52. The number of hydrogen-bond donors (Lipinski definition) is 1. The first-order valence-corrected chi connectivity index (χ1v) is 8.03. The summed E-state index contributed by atoms with van der Waals surface area (Å²) >= 11 is 0. The van der Waals surface area contributed by atoms with Crippen LogP contribution in [-0.4, -0.2) is 57.0 Å². The van der Waals surface area contributed by atoms with E-state index in [4.69, 9.17) is 0 Å². The molecule has 2 saturated heterocycles. The van der Waals surface area contributed by atoms with Gasteiger partial charge in [0.25, 0.3) is 0 Å². The maximum Gasteiger partial charge on any atom is 0.150 e. The Kier molecular flexibility index (Phi) is 3.87. The second kappa shape index (κ2) is 5.02. The zero-order valence-corrected chi connectivity index (χ0v) is 10.8. The molecule has 0 spiro atoms. The molecule has 16 heavy (non-hydrogen) atoms. The van der Waals surface area contributed by atoms with Crippen molar-refractivity contribution in [1.82, 2.24) is 10.2 Å². The quantitative estimate of drug-likeness (QED) is 0.751. The van der Waals surface area contributed by atoms with Crippen molar-refractivity contribution in [3.05, 3.63) is 0 Å². The summed E-state index contributed by atoms with van der Waals surface area (Å²) in [5, 5.41) is 3.46. The van der Waals surface area contributed by atoms with E-state index in [0.29, 0.717) is 23.5 Å². The number of rotatable bonds is 2. The largest absolute Gasteiger partial charge is 0.313 e. The first kappa shape index (κ1) is 12.3. The summed E-state index contributed by atoms with van der Waals surface area (Å²) in [4.78, 5) is 2.43. The molecule has 1 N–H and O–H groups in total. The predicted molar refractivity (Wildman–Crippen MR) is 65.3 cm³/mol. The van der Waals surface area contributed by atoms with Gasteiger partial charge in [-0.05, 0) is 38.8 Å². The third-order valence-corrected chi connectivity index (χ3v) is 5.36. The van der Waals surface area contributed by atoms with E-state index in [1.165, 1.54) is 6.42 Å². The molecule has 2 atom stereocenters. The molecule has 0 aromatic heterocycles. The molecule has 0 aromatic carbocycles. The lowest BCUT2D eigenvalue weighted by Crippen LogP contribution is -2.38. The molecule has 2 heterocycles. The van der Waals surface area contributed by atoms with Crippen LogP contribution in [0.15, 0.2) is 0 Å². The van der Waals surface area contributed by atoms with Gasteiger partial charge in [0.15, 0.2) is 9.84 Å². The monoisotopic (exact) mass is 246 g/mol. The average Bonchev–Trinajstić information content (AvgIpc) is 2.41. The summed E-state index contributed by atoms with van der Waals surface area (Å²) in [6, 6.07) is 0.528. The molecule has 2 rings (SSSR count). The maximum atomic E-state index is 11.4. The van der Waals surface area contributed by atoms with Gasteiger partial charge >= 0.3 is 0 Å². The Balaban J connectivity index is 1.85. The van der Waals surface area contributed by atoms with Gasteiger partial charge in [0, 0.05) is 19.1 Å². The van der Waals surface area contributed by atoms with Crippen molar-refractivity contribution in [2.75, 3.05) is 37.7 Å². The molecule has 94 valence electrons. The van der Waals surface area contributed by atoms with E-state index in [0.717, 1.165) is 32.6 Å². The van der Waals surface area contributed by atoms with E-state index in [1.807, 2.05) is 0 Å². The molecule has 0 amide bonds. The highest BCUT2D eigenvalue weighted by Gasteiger charge is 2.29. The highest BCUT2D eigenvalue weighted by molar-refractivity contribution is 7.91. The van der Waals surface area contributed by atoms with Crippen LogP contribution in [0.5, 0.6) is 0 Å². The highest BCUT2D eigenvalue weighted by atomic mass is 32.2. The van der Waals surface area contributed by atoms with Crippen molar-refractivity contribution in [3.63, 3.8) is 0 Å². The molecular weight excluding hydrogens is 224 g/mol. The molecule has 0 aromatic rings. The van der Waals surface area contributed by atoms with Crippen LogP contribution < -0.4 is 5.32 Å².